The van der Waals surface area contributed by atoms with Crippen molar-refractivity contribution in [1.29, 1.82) is 5.26 Å². The molecule has 1 heterocycles. The number of hydrogen-bond donors (Lipinski definition) is 2. The summed E-state index contributed by atoms with van der Waals surface area (Å²) in [5.41, 5.74) is -4.04. The van der Waals surface area contributed by atoms with Crippen LogP contribution in [0, 0.1) is 29.5 Å². The molecule has 0 saturated carbocycles. The molecular formula is C21H16F4N2O5S. The van der Waals surface area contributed by atoms with Gasteiger partial charge in [0.25, 0.3) is 0 Å². The van der Waals surface area contributed by atoms with Crippen molar-refractivity contribution in [2.75, 3.05) is 19.7 Å². The Morgan fingerprint density at radius 1 is 1.24 bits per heavy atom. The fourth-order valence-electron chi connectivity index (χ4n) is 3.32. The Morgan fingerprint density at radius 3 is 2.48 bits per heavy atom. The Labute approximate surface area is 186 Å². The quantitative estimate of drug-likeness (QED) is 0.495. The number of benzene rings is 2. The van der Waals surface area contributed by atoms with Crippen LogP contribution in [0.25, 0.3) is 0 Å². The second kappa shape index (κ2) is 8.65. The zero-order valence-corrected chi connectivity index (χ0v) is 17.5. The number of aliphatic hydroxyl groups is 2. The number of nitriles is 1. The van der Waals surface area contributed by atoms with E-state index < -0.39 is 69.4 Å². The minimum Gasteiger partial charge on any atom is -0.486 e. The summed E-state index contributed by atoms with van der Waals surface area (Å²) in [6.07, 6.45) is -0.877. The van der Waals surface area contributed by atoms with Gasteiger partial charge in [-0.15, -0.1) is 6.42 Å². The SMILES string of the molecule is C#Cc1cc(C(F)(F)F)ccc1S(=O)(=O)N1C[C@H](Oc2ccc(C#N)c(F)c2)[C@](O)(CO)C1. The summed E-state index contributed by atoms with van der Waals surface area (Å²) in [4.78, 5) is -0.594. The highest BCUT2D eigenvalue weighted by atomic mass is 32.2. The number of rotatable bonds is 5. The van der Waals surface area contributed by atoms with Crippen LogP contribution in [0.4, 0.5) is 17.6 Å². The molecule has 2 aromatic rings. The lowest BCUT2D eigenvalue weighted by Gasteiger charge is -2.27. The zero-order valence-electron chi connectivity index (χ0n) is 16.7. The van der Waals surface area contributed by atoms with Crippen molar-refractivity contribution in [3.8, 4) is 24.2 Å². The molecule has 2 atom stereocenters. The Balaban J connectivity index is 1.94. The fraction of sp³-hybridized carbons (Fsp3) is 0.286. The number of β-amino-alcohol motifs (C(OH)–C–C–N with tert-alkyl or cyclic N) is 1. The maximum absolute atomic E-state index is 13.9. The third-order valence-electron chi connectivity index (χ3n) is 5.11. The second-order valence-electron chi connectivity index (χ2n) is 7.27. The molecule has 1 fully saturated rings. The van der Waals surface area contributed by atoms with Crippen molar-refractivity contribution in [3.05, 3.63) is 58.9 Å². The Bertz CT molecular complexity index is 1270. The number of aliphatic hydroxyl groups excluding tert-OH is 1. The van der Waals surface area contributed by atoms with Gasteiger partial charge in [-0.25, -0.2) is 12.8 Å². The number of alkyl halides is 3. The first kappa shape index (κ1) is 24.5. The van der Waals surface area contributed by atoms with Crippen LogP contribution >= 0.6 is 0 Å². The maximum atomic E-state index is 13.9. The summed E-state index contributed by atoms with van der Waals surface area (Å²) in [7, 11) is -4.51. The molecule has 2 aromatic carbocycles. The first-order valence-corrected chi connectivity index (χ1v) is 10.7. The Kier molecular flexibility index (Phi) is 6.42. The van der Waals surface area contributed by atoms with E-state index in [1.165, 1.54) is 6.07 Å². The van der Waals surface area contributed by atoms with Crippen molar-refractivity contribution in [2.24, 2.45) is 0 Å². The minimum atomic E-state index is -4.74. The van der Waals surface area contributed by atoms with Gasteiger partial charge in [-0.3, -0.25) is 0 Å². The van der Waals surface area contributed by atoms with Crippen LogP contribution in [-0.4, -0.2) is 54.3 Å². The highest BCUT2D eigenvalue weighted by Crippen LogP contribution is 2.35. The molecular weight excluding hydrogens is 468 g/mol. The van der Waals surface area contributed by atoms with E-state index in [2.05, 4.69) is 0 Å². The summed E-state index contributed by atoms with van der Waals surface area (Å²) >= 11 is 0. The number of sulfonamides is 1. The van der Waals surface area contributed by atoms with Crippen molar-refractivity contribution in [3.63, 3.8) is 0 Å². The predicted octanol–water partition coefficient (Wildman–Crippen LogP) is 1.87. The van der Waals surface area contributed by atoms with Crippen molar-refractivity contribution < 1.29 is 40.9 Å². The van der Waals surface area contributed by atoms with Crippen molar-refractivity contribution in [1.82, 2.24) is 4.31 Å². The molecule has 1 aliphatic heterocycles. The van der Waals surface area contributed by atoms with Crippen molar-refractivity contribution >= 4 is 10.0 Å². The lowest BCUT2D eigenvalue weighted by atomic mass is 10.0. The molecule has 2 N–H and O–H groups in total. The molecule has 0 radical (unpaired) electrons. The van der Waals surface area contributed by atoms with E-state index >= 15 is 0 Å². The van der Waals surface area contributed by atoms with Crippen LogP contribution in [0.2, 0.25) is 0 Å². The molecule has 0 spiro atoms. The molecule has 0 bridgehead atoms. The number of nitrogens with zero attached hydrogens (tertiary/aromatic N) is 2. The van der Waals surface area contributed by atoms with Gasteiger partial charge < -0.3 is 14.9 Å². The number of halogens is 4. The minimum absolute atomic E-state index is 0.138. The van der Waals surface area contributed by atoms with Gasteiger partial charge >= 0.3 is 6.18 Å². The molecule has 174 valence electrons. The summed E-state index contributed by atoms with van der Waals surface area (Å²) in [5.74, 6) is 0.877. The summed E-state index contributed by atoms with van der Waals surface area (Å²) < 4.78 is 85.2. The van der Waals surface area contributed by atoms with Crippen LogP contribution in [0.3, 0.4) is 0 Å². The van der Waals surface area contributed by atoms with Crippen molar-refractivity contribution in [2.45, 2.75) is 22.8 Å². The van der Waals surface area contributed by atoms with Gasteiger partial charge in [0.15, 0.2) is 0 Å². The van der Waals surface area contributed by atoms with E-state index in [1.807, 2.05) is 5.92 Å². The van der Waals surface area contributed by atoms with Crippen LogP contribution in [0.15, 0.2) is 41.3 Å². The smallest absolute Gasteiger partial charge is 0.416 e. The van der Waals surface area contributed by atoms with Gasteiger partial charge in [0.1, 0.15) is 29.3 Å². The van der Waals surface area contributed by atoms with E-state index in [4.69, 9.17) is 16.4 Å². The first-order chi connectivity index (χ1) is 15.4. The number of hydrogen-bond acceptors (Lipinski definition) is 6. The maximum Gasteiger partial charge on any atom is 0.416 e. The zero-order chi connectivity index (χ0) is 24.6. The van der Waals surface area contributed by atoms with E-state index in [-0.39, 0.29) is 11.3 Å². The van der Waals surface area contributed by atoms with Crippen LogP contribution < -0.4 is 4.74 Å². The molecule has 3 rings (SSSR count). The van der Waals surface area contributed by atoms with Gasteiger partial charge in [-0.1, -0.05) is 5.92 Å². The Morgan fingerprint density at radius 2 is 1.94 bits per heavy atom. The summed E-state index contributed by atoms with van der Waals surface area (Å²) in [5, 5.41) is 29.2. The monoisotopic (exact) mass is 484 g/mol. The topological polar surface area (TPSA) is 111 Å². The molecule has 0 unspecified atom stereocenters. The largest absolute Gasteiger partial charge is 0.486 e. The summed E-state index contributed by atoms with van der Waals surface area (Å²) in [6, 6.07) is 6.63. The van der Waals surface area contributed by atoms with Gasteiger partial charge in [0.05, 0.1) is 29.2 Å². The second-order valence-corrected chi connectivity index (χ2v) is 9.18. The average Bonchev–Trinajstić information content (AvgIpc) is 3.10. The third-order valence-corrected chi connectivity index (χ3v) is 6.98. The van der Waals surface area contributed by atoms with Crippen LogP contribution in [-0.2, 0) is 16.2 Å². The first-order valence-electron chi connectivity index (χ1n) is 9.23. The molecule has 0 amide bonds. The van der Waals surface area contributed by atoms with Gasteiger partial charge in [-0.05, 0) is 30.3 Å². The lowest BCUT2D eigenvalue weighted by molar-refractivity contribution is -0.137. The highest BCUT2D eigenvalue weighted by molar-refractivity contribution is 7.89. The summed E-state index contributed by atoms with van der Waals surface area (Å²) in [6.45, 7) is -2.12. The average molecular weight is 484 g/mol. The molecule has 1 aliphatic rings. The highest BCUT2D eigenvalue weighted by Gasteiger charge is 2.51. The van der Waals surface area contributed by atoms with E-state index in [9.17, 15) is 36.2 Å². The predicted molar refractivity (Wildman–Crippen MR) is 106 cm³/mol. The van der Waals surface area contributed by atoms with Gasteiger partial charge in [0, 0.05) is 18.2 Å². The molecule has 0 aromatic heterocycles. The lowest BCUT2D eigenvalue weighted by Crippen LogP contribution is -2.48. The van der Waals surface area contributed by atoms with E-state index in [1.54, 1.807) is 6.07 Å². The molecule has 12 heteroatoms. The van der Waals surface area contributed by atoms with Gasteiger partial charge in [0.2, 0.25) is 10.0 Å². The van der Waals surface area contributed by atoms with E-state index in [0.717, 1.165) is 18.2 Å². The standard InChI is InChI=1S/C21H16F4N2O5S/c1-2-13-7-15(21(23,24)25)4-6-18(13)33(30,31)27-10-19(20(29,11-27)12-28)32-16-5-3-14(9-26)17(22)8-16/h1,3-8,19,28-29H,10-12H2/t19-,20+/m0/s1. The molecule has 7 nitrogen and oxygen atoms in total. The Hall–Kier alpha value is -3.16. The van der Waals surface area contributed by atoms with Crippen LogP contribution in [0.5, 0.6) is 5.75 Å². The van der Waals surface area contributed by atoms with E-state index in [0.29, 0.717) is 16.4 Å². The number of terminal acetylenes is 1. The van der Waals surface area contributed by atoms with Crippen LogP contribution in [0.1, 0.15) is 16.7 Å². The van der Waals surface area contributed by atoms with Gasteiger partial charge in [-0.2, -0.15) is 22.7 Å². The fourth-order valence-corrected chi connectivity index (χ4v) is 4.95. The molecule has 0 aliphatic carbocycles. The molecule has 33 heavy (non-hydrogen) atoms. The number of ether oxygens (including phenoxy) is 1. The molecule has 1 saturated heterocycles. The normalized spacial score (nSPS) is 21.4. The third kappa shape index (κ3) is 4.65.